The van der Waals surface area contributed by atoms with Crippen molar-refractivity contribution in [1.82, 2.24) is 4.98 Å². The molecule has 3 nitrogen and oxygen atoms in total. The van der Waals surface area contributed by atoms with Gasteiger partial charge in [0.05, 0.1) is 12.7 Å². The molecule has 0 N–H and O–H groups in total. The lowest BCUT2D eigenvalue weighted by atomic mass is 10.2. The molecule has 0 aliphatic rings. The highest BCUT2D eigenvalue weighted by atomic mass is 16.5. The van der Waals surface area contributed by atoms with Crippen molar-refractivity contribution in [1.29, 1.82) is 0 Å². The standard InChI is InChI=1S/C8H8NO2/c1-6-5-7(3-4-9-6)8(10)11-2/h3-5H,1H2,2H3. The Bertz CT molecular complexity index is 271. The number of rotatable bonds is 1. The van der Waals surface area contributed by atoms with Crippen molar-refractivity contribution in [3.63, 3.8) is 0 Å². The first kappa shape index (κ1) is 7.72. The van der Waals surface area contributed by atoms with E-state index in [4.69, 9.17) is 0 Å². The molecule has 3 heteroatoms. The van der Waals surface area contributed by atoms with Gasteiger partial charge in [0.25, 0.3) is 0 Å². The zero-order valence-corrected chi connectivity index (χ0v) is 6.20. The zero-order chi connectivity index (χ0) is 8.27. The van der Waals surface area contributed by atoms with Crippen LogP contribution in [0.2, 0.25) is 0 Å². The molecule has 1 heterocycles. The number of carbonyl (C=O) groups excluding carboxylic acids is 1. The molecular formula is C8H8NO2. The molecule has 1 rings (SSSR count). The van der Waals surface area contributed by atoms with Crippen molar-refractivity contribution in [2.75, 3.05) is 7.11 Å². The van der Waals surface area contributed by atoms with Gasteiger partial charge in [0.15, 0.2) is 0 Å². The van der Waals surface area contributed by atoms with Gasteiger partial charge in [-0.05, 0) is 19.1 Å². The van der Waals surface area contributed by atoms with Crippen LogP contribution in [0.25, 0.3) is 0 Å². The maximum absolute atomic E-state index is 10.9. The van der Waals surface area contributed by atoms with Crippen LogP contribution in [0.4, 0.5) is 0 Å². The van der Waals surface area contributed by atoms with Gasteiger partial charge in [0.2, 0.25) is 0 Å². The first-order valence-electron chi connectivity index (χ1n) is 3.10. The minimum atomic E-state index is -0.364. The van der Waals surface area contributed by atoms with Gasteiger partial charge in [-0.25, -0.2) is 4.79 Å². The van der Waals surface area contributed by atoms with Crippen LogP contribution < -0.4 is 0 Å². The number of pyridine rings is 1. The van der Waals surface area contributed by atoms with E-state index in [1.165, 1.54) is 13.3 Å². The average Bonchev–Trinajstić information content (AvgIpc) is 2.03. The molecule has 0 aliphatic heterocycles. The van der Waals surface area contributed by atoms with Crippen LogP contribution in [0.3, 0.4) is 0 Å². The molecule has 0 atom stereocenters. The second kappa shape index (κ2) is 3.14. The summed E-state index contributed by atoms with van der Waals surface area (Å²) in [6.45, 7) is 3.58. The number of hydrogen-bond acceptors (Lipinski definition) is 3. The number of carbonyl (C=O) groups is 1. The van der Waals surface area contributed by atoms with E-state index in [9.17, 15) is 4.79 Å². The first-order chi connectivity index (χ1) is 5.24. The minimum Gasteiger partial charge on any atom is -0.465 e. The van der Waals surface area contributed by atoms with Crippen molar-refractivity contribution in [2.45, 2.75) is 0 Å². The van der Waals surface area contributed by atoms with Crippen LogP contribution in [-0.4, -0.2) is 18.1 Å². The summed E-state index contributed by atoms with van der Waals surface area (Å²) < 4.78 is 4.50. The SMILES string of the molecule is [CH2]c1cc(C(=O)OC)ccn1. The van der Waals surface area contributed by atoms with E-state index in [1.54, 1.807) is 12.1 Å². The molecule has 0 amide bonds. The molecule has 0 unspecified atom stereocenters. The molecule has 0 saturated heterocycles. The van der Waals surface area contributed by atoms with Crippen molar-refractivity contribution in [3.8, 4) is 0 Å². The summed E-state index contributed by atoms with van der Waals surface area (Å²) in [6.07, 6.45) is 1.52. The molecule has 11 heavy (non-hydrogen) atoms. The number of methoxy groups -OCH3 is 1. The van der Waals surface area contributed by atoms with Crippen molar-refractivity contribution < 1.29 is 9.53 Å². The Balaban J connectivity index is 2.96. The van der Waals surface area contributed by atoms with Crippen LogP contribution in [0, 0.1) is 6.92 Å². The summed E-state index contributed by atoms with van der Waals surface area (Å²) >= 11 is 0. The summed E-state index contributed by atoms with van der Waals surface area (Å²) in [4.78, 5) is 14.7. The quantitative estimate of drug-likeness (QED) is 0.562. The third-order valence-electron chi connectivity index (χ3n) is 1.24. The number of esters is 1. The second-order valence-corrected chi connectivity index (χ2v) is 2.03. The predicted octanol–water partition coefficient (Wildman–Crippen LogP) is 1.05. The molecule has 0 fully saturated rings. The van der Waals surface area contributed by atoms with E-state index in [0.29, 0.717) is 11.3 Å². The van der Waals surface area contributed by atoms with Crippen LogP contribution >= 0.6 is 0 Å². The average molecular weight is 150 g/mol. The Kier molecular flexibility index (Phi) is 2.21. The largest absolute Gasteiger partial charge is 0.465 e. The highest BCUT2D eigenvalue weighted by molar-refractivity contribution is 5.89. The van der Waals surface area contributed by atoms with Gasteiger partial charge in [0, 0.05) is 11.9 Å². The Morgan fingerprint density at radius 3 is 3.00 bits per heavy atom. The lowest BCUT2D eigenvalue weighted by Crippen LogP contribution is -2.01. The van der Waals surface area contributed by atoms with Gasteiger partial charge in [-0.3, -0.25) is 4.98 Å². The molecular weight excluding hydrogens is 142 g/mol. The fourth-order valence-electron chi connectivity index (χ4n) is 0.723. The van der Waals surface area contributed by atoms with Crippen LogP contribution in [0.15, 0.2) is 18.3 Å². The normalized spacial score (nSPS) is 9.27. The number of aromatic nitrogens is 1. The lowest BCUT2D eigenvalue weighted by molar-refractivity contribution is 0.0600. The van der Waals surface area contributed by atoms with Gasteiger partial charge in [-0.15, -0.1) is 0 Å². The van der Waals surface area contributed by atoms with Crippen molar-refractivity contribution in [3.05, 3.63) is 36.5 Å². The first-order valence-corrected chi connectivity index (χ1v) is 3.10. The number of ether oxygens (including phenoxy) is 1. The summed E-state index contributed by atoms with van der Waals surface area (Å²) in [7, 11) is 1.34. The van der Waals surface area contributed by atoms with E-state index in [2.05, 4.69) is 16.6 Å². The molecule has 0 saturated carbocycles. The molecule has 0 aromatic carbocycles. The molecule has 0 bridgehead atoms. The third kappa shape index (κ3) is 1.77. The molecule has 57 valence electrons. The molecule has 1 aromatic heterocycles. The van der Waals surface area contributed by atoms with E-state index in [0.717, 1.165) is 0 Å². The summed E-state index contributed by atoms with van der Waals surface area (Å²) in [5, 5.41) is 0. The third-order valence-corrected chi connectivity index (χ3v) is 1.24. The zero-order valence-electron chi connectivity index (χ0n) is 6.20. The lowest BCUT2D eigenvalue weighted by Gasteiger charge is -1.97. The van der Waals surface area contributed by atoms with Crippen LogP contribution in [0.1, 0.15) is 16.1 Å². The highest BCUT2D eigenvalue weighted by Crippen LogP contribution is 2.01. The monoisotopic (exact) mass is 150 g/mol. The van der Waals surface area contributed by atoms with E-state index in [1.807, 2.05) is 0 Å². The maximum Gasteiger partial charge on any atom is 0.337 e. The van der Waals surface area contributed by atoms with Crippen LogP contribution in [0.5, 0.6) is 0 Å². The van der Waals surface area contributed by atoms with Crippen molar-refractivity contribution >= 4 is 5.97 Å². The van der Waals surface area contributed by atoms with Gasteiger partial charge in [-0.2, -0.15) is 0 Å². The number of nitrogens with zero attached hydrogens (tertiary/aromatic N) is 1. The van der Waals surface area contributed by atoms with Gasteiger partial charge in [-0.1, -0.05) is 0 Å². The fraction of sp³-hybridized carbons (Fsp3) is 0.125. The van der Waals surface area contributed by atoms with Gasteiger partial charge in [0.1, 0.15) is 0 Å². The van der Waals surface area contributed by atoms with Gasteiger partial charge < -0.3 is 4.74 Å². The minimum absolute atomic E-state index is 0.364. The topological polar surface area (TPSA) is 39.2 Å². The predicted molar refractivity (Wildman–Crippen MR) is 40.0 cm³/mol. The Morgan fingerprint density at radius 2 is 2.45 bits per heavy atom. The smallest absolute Gasteiger partial charge is 0.337 e. The molecule has 0 spiro atoms. The number of hydrogen-bond donors (Lipinski definition) is 0. The maximum atomic E-state index is 10.9. The molecule has 1 radical (unpaired) electrons. The Labute approximate surface area is 65.0 Å². The van der Waals surface area contributed by atoms with Crippen LogP contribution in [-0.2, 0) is 4.74 Å². The van der Waals surface area contributed by atoms with Gasteiger partial charge >= 0.3 is 5.97 Å². The Morgan fingerprint density at radius 1 is 1.73 bits per heavy atom. The summed E-state index contributed by atoms with van der Waals surface area (Å²) in [6, 6.07) is 3.16. The second-order valence-electron chi connectivity index (χ2n) is 2.03. The Hall–Kier alpha value is -1.38. The van der Waals surface area contributed by atoms with E-state index >= 15 is 0 Å². The van der Waals surface area contributed by atoms with E-state index < -0.39 is 0 Å². The summed E-state index contributed by atoms with van der Waals surface area (Å²) in [5.74, 6) is -0.364. The molecule has 1 aromatic rings. The fourth-order valence-corrected chi connectivity index (χ4v) is 0.723. The molecule has 0 aliphatic carbocycles. The van der Waals surface area contributed by atoms with Crippen molar-refractivity contribution in [2.24, 2.45) is 0 Å². The highest BCUT2D eigenvalue weighted by Gasteiger charge is 2.03. The summed E-state index contributed by atoms with van der Waals surface area (Å²) in [5.41, 5.74) is 1.04. The van der Waals surface area contributed by atoms with E-state index in [-0.39, 0.29) is 5.97 Å².